The van der Waals surface area contributed by atoms with Crippen molar-refractivity contribution in [3.8, 4) is 17.0 Å². The summed E-state index contributed by atoms with van der Waals surface area (Å²) in [7, 11) is 0. The Balaban J connectivity index is 1.47. The number of thiazole rings is 1. The lowest BCUT2D eigenvalue weighted by atomic mass is 10.1. The highest BCUT2D eigenvalue weighted by molar-refractivity contribution is 7.14. The van der Waals surface area contributed by atoms with Gasteiger partial charge in [-0.25, -0.2) is 4.98 Å². The summed E-state index contributed by atoms with van der Waals surface area (Å²) in [5.74, 6) is -0.498. The summed E-state index contributed by atoms with van der Waals surface area (Å²) in [6.45, 7) is -2.62. The Bertz CT molecular complexity index is 1040. The molecule has 0 atom stereocenters. The molecule has 10 heteroatoms. The van der Waals surface area contributed by atoms with Crippen LogP contribution in [-0.2, 0) is 4.79 Å². The molecule has 0 saturated heterocycles. The van der Waals surface area contributed by atoms with Crippen LogP contribution in [0.25, 0.3) is 11.3 Å². The van der Waals surface area contributed by atoms with E-state index in [1.807, 2.05) is 0 Å². The molecule has 2 aromatic carbocycles. The fourth-order valence-electron chi connectivity index (χ4n) is 2.67. The number of amides is 2. The van der Waals surface area contributed by atoms with E-state index < -0.39 is 6.61 Å². The molecule has 0 aliphatic heterocycles. The summed E-state index contributed by atoms with van der Waals surface area (Å²) in [6, 6.07) is 12.8. The molecule has 6 nitrogen and oxygen atoms in total. The van der Waals surface area contributed by atoms with Crippen molar-refractivity contribution in [1.82, 2.24) is 10.3 Å². The zero-order valence-electron chi connectivity index (χ0n) is 16.1. The number of alkyl halides is 2. The number of carbonyl (C=O) groups excluding carboxylic acids is 2. The number of ether oxygens (including phenoxy) is 1. The van der Waals surface area contributed by atoms with Crippen LogP contribution in [-0.4, -0.2) is 30.0 Å². The number of carbonyl (C=O) groups is 2. The minimum Gasteiger partial charge on any atom is -0.434 e. The minimum absolute atomic E-state index is 0.0112. The number of nitrogens with one attached hydrogen (secondary N) is 2. The van der Waals surface area contributed by atoms with Crippen molar-refractivity contribution in [1.29, 1.82) is 0 Å². The first-order valence-corrected chi connectivity index (χ1v) is 10.5. The average Bonchev–Trinajstić information content (AvgIpc) is 3.19. The van der Waals surface area contributed by atoms with E-state index >= 15 is 0 Å². The molecule has 0 fully saturated rings. The molecule has 0 unspecified atom stereocenters. The zero-order valence-corrected chi connectivity index (χ0v) is 17.7. The van der Waals surface area contributed by atoms with Crippen LogP contribution in [0.1, 0.15) is 23.2 Å². The van der Waals surface area contributed by atoms with Crippen LogP contribution in [0.5, 0.6) is 5.75 Å². The zero-order chi connectivity index (χ0) is 22.2. The fraction of sp³-hybridized carbons (Fsp3) is 0.190. The van der Waals surface area contributed by atoms with Gasteiger partial charge >= 0.3 is 6.61 Å². The van der Waals surface area contributed by atoms with E-state index in [0.717, 1.165) is 0 Å². The van der Waals surface area contributed by atoms with Gasteiger partial charge < -0.3 is 15.4 Å². The lowest BCUT2D eigenvalue weighted by Crippen LogP contribution is -2.25. The van der Waals surface area contributed by atoms with Gasteiger partial charge in [0.15, 0.2) is 5.13 Å². The van der Waals surface area contributed by atoms with Gasteiger partial charge in [0, 0.05) is 34.5 Å². The van der Waals surface area contributed by atoms with E-state index in [2.05, 4.69) is 20.4 Å². The Morgan fingerprint density at radius 3 is 2.61 bits per heavy atom. The fourth-order valence-corrected chi connectivity index (χ4v) is 3.52. The van der Waals surface area contributed by atoms with Gasteiger partial charge in [0.1, 0.15) is 5.75 Å². The smallest absolute Gasteiger partial charge is 0.387 e. The molecular formula is C21H18ClF2N3O3S. The Labute approximate surface area is 186 Å². The highest BCUT2D eigenvalue weighted by Gasteiger charge is 2.14. The number of nitrogens with zero attached hydrogens (tertiary/aromatic N) is 1. The van der Waals surface area contributed by atoms with Crippen LogP contribution in [0.15, 0.2) is 53.9 Å². The molecule has 162 valence electrons. The highest BCUT2D eigenvalue weighted by Crippen LogP contribution is 2.33. The van der Waals surface area contributed by atoms with Crippen molar-refractivity contribution < 1.29 is 23.1 Å². The van der Waals surface area contributed by atoms with Gasteiger partial charge in [0.2, 0.25) is 5.91 Å². The van der Waals surface area contributed by atoms with Crippen LogP contribution < -0.4 is 15.4 Å². The standard InChI is InChI=1S/C21H18ClF2N3O3S/c22-14-9-7-13(8-10-14)19(29)25-11-3-6-18(28)27-21-26-16(12-31-21)15-4-1-2-5-17(15)30-20(23)24/h1-2,4-5,7-10,12,20H,3,6,11H2,(H,25,29)(H,26,27,28). The van der Waals surface area contributed by atoms with Gasteiger partial charge in [-0.05, 0) is 42.8 Å². The second kappa shape index (κ2) is 10.8. The third-order valence-corrected chi connectivity index (χ3v) is 5.11. The van der Waals surface area contributed by atoms with Gasteiger partial charge in [0.05, 0.1) is 5.69 Å². The molecule has 1 aromatic heterocycles. The van der Waals surface area contributed by atoms with Crippen LogP contribution in [0.4, 0.5) is 13.9 Å². The maximum atomic E-state index is 12.6. The molecule has 1 heterocycles. The maximum Gasteiger partial charge on any atom is 0.387 e. The minimum atomic E-state index is -2.95. The SMILES string of the molecule is O=C(CCCNC(=O)c1ccc(Cl)cc1)Nc1nc(-c2ccccc2OC(F)F)cs1. The number of benzene rings is 2. The number of hydrogen-bond donors (Lipinski definition) is 2. The lowest BCUT2D eigenvalue weighted by Gasteiger charge is -2.08. The van der Waals surface area contributed by atoms with Gasteiger partial charge in [-0.3, -0.25) is 9.59 Å². The molecular weight excluding hydrogens is 448 g/mol. The van der Waals surface area contributed by atoms with E-state index in [9.17, 15) is 18.4 Å². The van der Waals surface area contributed by atoms with E-state index in [0.29, 0.717) is 39.9 Å². The molecule has 0 saturated carbocycles. The molecule has 3 rings (SSSR count). The second-order valence-corrected chi connectivity index (χ2v) is 7.62. The Hall–Kier alpha value is -3.04. The van der Waals surface area contributed by atoms with Gasteiger partial charge in [-0.1, -0.05) is 23.7 Å². The lowest BCUT2D eigenvalue weighted by molar-refractivity contribution is -0.116. The third-order valence-electron chi connectivity index (χ3n) is 4.10. The van der Waals surface area contributed by atoms with Crippen LogP contribution in [0.2, 0.25) is 5.02 Å². The number of halogens is 3. The van der Waals surface area contributed by atoms with Crippen LogP contribution in [0, 0.1) is 0 Å². The molecule has 0 spiro atoms. The molecule has 2 amide bonds. The molecule has 0 aliphatic carbocycles. The maximum absolute atomic E-state index is 12.6. The normalized spacial score (nSPS) is 10.7. The number of anilines is 1. The summed E-state index contributed by atoms with van der Waals surface area (Å²) in [4.78, 5) is 28.4. The van der Waals surface area contributed by atoms with E-state index in [1.54, 1.807) is 47.8 Å². The molecule has 3 aromatic rings. The predicted molar refractivity (Wildman–Crippen MR) is 116 cm³/mol. The number of para-hydroxylation sites is 1. The van der Waals surface area contributed by atoms with Crippen LogP contribution >= 0.6 is 22.9 Å². The first-order chi connectivity index (χ1) is 14.9. The van der Waals surface area contributed by atoms with Crippen molar-refractivity contribution in [3.05, 3.63) is 64.5 Å². The topological polar surface area (TPSA) is 80.3 Å². The monoisotopic (exact) mass is 465 g/mol. The molecule has 2 N–H and O–H groups in total. The van der Waals surface area contributed by atoms with Gasteiger partial charge in [0.25, 0.3) is 5.91 Å². The third kappa shape index (κ3) is 6.73. The Kier molecular flexibility index (Phi) is 7.91. The first kappa shape index (κ1) is 22.6. The van der Waals surface area contributed by atoms with E-state index in [1.165, 1.54) is 17.4 Å². The summed E-state index contributed by atoms with van der Waals surface area (Å²) >= 11 is 6.97. The molecule has 31 heavy (non-hydrogen) atoms. The Morgan fingerprint density at radius 2 is 1.87 bits per heavy atom. The number of rotatable bonds is 9. The molecule has 0 radical (unpaired) electrons. The highest BCUT2D eigenvalue weighted by atomic mass is 35.5. The average molecular weight is 466 g/mol. The first-order valence-electron chi connectivity index (χ1n) is 9.26. The summed E-state index contributed by atoms with van der Waals surface area (Å²) in [5.41, 5.74) is 1.32. The van der Waals surface area contributed by atoms with Crippen molar-refractivity contribution in [2.75, 3.05) is 11.9 Å². The van der Waals surface area contributed by atoms with E-state index in [-0.39, 0.29) is 24.0 Å². The second-order valence-electron chi connectivity index (χ2n) is 6.33. The number of hydrogen-bond acceptors (Lipinski definition) is 5. The van der Waals surface area contributed by atoms with Gasteiger partial charge in [-0.15, -0.1) is 11.3 Å². The number of aromatic nitrogens is 1. The molecule has 0 aliphatic rings. The quantitative estimate of drug-likeness (QED) is 0.425. The van der Waals surface area contributed by atoms with Crippen LogP contribution in [0.3, 0.4) is 0 Å². The van der Waals surface area contributed by atoms with Crippen molar-refractivity contribution >= 4 is 39.9 Å². The summed E-state index contributed by atoms with van der Waals surface area (Å²) < 4.78 is 29.7. The predicted octanol–water partition coefficient (Wildman–Crippen LogP) is 5.21. The largest absolute Gasteiger partial charge is 0.434 e. The summed E-state index contributed by atoms with van der Waals surface area (Å²) in [6.07, 6.45) is 0.620. The van der Waals surface area contributed by atoms with Gasteiger partial charge in [-0.2, -0.15) is 8.78 Å². The van der Waals surface area contributed by atoms with E-state index in [4.69, 9.17) is 11.6 Å². The van der Waals surface area contributed by atoms with Crippen molar-refractivity contribution in [2.24, 2.45) is 0 Å². The van der Waals surface area contributed by atoms with Crippen molar-refractivity contribution in [3.63, 3.8) is 0 Å². The Morgan fingerprint density at radius 1 is 1.13 bits per heavy atom. The molecule has 0 bridgehead atoms. The van der Waals surface area contributed by atoms with Crippen molar-refractivity contribution in [2.45, 2.75) is 19.5 Å². The summed E-state index contributed by atoms with van der Waals surface area (Å²) in [5, 5.41) is 7.94.